The SMILES string of the molecule is C=C(F)/C=C(/C1CC1C(=O)O)N(C)C. The molecule has 2 atom stereocenters. The van der Waals surface area contributed by atoms with Crippen LogP contribution in [-0.4, -0.2) is 30.1 Å². The molecule has 0 spiro atoms. The summed E-state index contributed by atoms with van der Waals surface area (Å²) in [5.41, 5.74) is 0.699. The third-order valence-corrected chi connectivity index (χ3v) is 2.31. The molecule has 0 radical (unpaired) electrons. The second-order valence-electron chi connectivity index (χ2n) is 3.70. The van der Waals surface area contributed by atoms with Crippen LogP contribution in [0.2, 0.25) is 0 Å². The molecule has 0 heterocycles. The van der Waals surface area contributed by atoms with Crippen LogP contribution >= 0.6 is 0 Å². The Bertz CT molecular complexity index is 296. The van der Waals surface area contributed by atoms with Crippen molar-refractivity contribution < 1.29 is 14.3 Å². The minimum absolute atomic E-state index is 0.0602. The van der Waals surface area contributed by atoms with Crippen LogP contribution in [0.4, 0.5) is 4.39 Å². The first-order chi connectivity index (χ1) is 6.43. The fourth-order valence-corrected chi connectivity index (χ4v) is 1.52. The van der Waals surface area contributed by atoms with E-state index in [-0.39, 0.29) is 11.8 Å². The van der Waals surface area contributed by atoms with Crippen LogP contribution in [0.25, 0.3) is 0 Å². The van der Waals surface area contributed by atoms with Gasteiger partial charge in [0.25, 0.3) is 0 Å². The average molecular weight is 199 g/mol. The summed E-state index contributed by atoms with van der Waals surface area (Å²) in [6.45, 7) is 3.14. The molecule has 2 unspecified atom stereocenters. The summed E-state index contributed by atoms with van der Waals surface area (Å²) < 4.78 is 12.6. The number of carboxylic acids is 1. The summed E-state index contributed by atoms with van der Waals surface area (Å²) in [7, 11) is 3.54. The third kappa shape index (κ3) is 2.34. The van der Waals surface area contributed by atoms with Gasteiger partial charge in [0.05, 0.1) is 5.92 Å². The highest BCUT2D eigenvalue weighted by atomic mass is 19.1. The van der Waals surface area contributed by atoms with E-state index < -0.39 is 11.8 Å². The Hall–Kier alpha value is -1.32. The maximum atomic E-state index is 12.6. The van der Waals surface area contributed by atoms with Crippen molar-refractivity contribution in [3.8, 4) is 0 Å². The number of aliphatic carboxylic acids is 1. The van der Waals surface area contributed by atoms with Crippen molar-refractivity contribution in [1.29, 1.82) is 0 Å². The Balaban J connectivity index is 2.73. The van der Waals surface area contributed by atoms with E-state index in [1.54, 1.807) is 19.0 Å². The first-order valence-electron chi connectivity index (χ1n) is 4.39. The van der Waals surface area contributed by atoms with Gasteiger partial charge in [-0.2, -0.15) is 0 Å². The van der Waals surface area contributed by atoms with Crippen molar-refractivity contribution in [1.82, 2.24) is 4.90 Å². The lowest BCUT2D eigenvalue weighted by Gasteiger charge is -2.16. The Kier molecular flexibility index (Phi) is 2.93. The van der Waals surface area contributed by atoms with Crippen LogP contribution in [0.15, 0.2) is 24.2 Å². The number of halogens is 1. The standard InChI is InChI=1S/C10H14FNO2/c1-6(11)4-9(12(2)3)7-5-8(7)10(13)14/h4,7-8H,1,5H2,2-3H3,(H,13,14)/b9-4-. The first-order valence-corrected chi connectivity index (χ1v) is 4.39. The summed E-state index contributed by atoms with van der Waals surface area (Å²) in [6, 6.07) is 0. The highest BCUT2D eigenvalue weighted by molar-refractivity contribution is 5.74. The topological polar surface area (TPSA) is 40.5 Å². The van der Waals surface area contributed by atoms with Crippen LogP contribution < -0.4 is 0 Å². The number of nitrogens with zero attached hydrogens (tertiary/aromatic N) is 1. The largest absolute Gasteiger partial charge is 0.481 e. The number of carbonyl (C=O) groups is 1. The Labute approximate surface area is 82.5 Å². The molecule has 4 heteroatoms. The van der Waals surface area contributed by atoms with Gasteiger partial charge in [-0.15, -0.1) is 0 Å². The molecule has 1 fully saturated rings. The molecule has 0 aliphatic heterocycles. The third-order valence-electron chi connectivity index (χ3n) is 2.31. The zero-order valence-corrected chi connectivity index (χ0v) is 8.33. The molecule has 14 heavy (non-hydrogen) atoms. The van der Waals surface area contributed by atoms with Gasteiger partial charge in [-0.1, -0.05) is 6.58 Å². The molecule has 1 saturated carbocycles. The van der Waals surface area contributed by atoms with Crippen LogP contribution in [0.1, 0.15) is 6.42 Å². The Morgan fingerprint density at radius 1 is 1.57 bits per heavy atom. The summed E-state index contributed by atoms with van der Waals surface area (Å²) in [5, 5.41) is 8.73. The Morgan fingerprint density at radius 3 is 2.43 bits per heavy atom. The van der Waals surface area contributed by atoms with Crippen molar-refractivity contribution in [2.75, 3.05) is 14.1 Å². The number of rotatable bonds is 4. The molecule has 0 aromatic rings. The van der Waals surface area contributed by atoms with E-state index in [4.69, 9.17) is 5.11 Å². The molecule has 1 N–H and O–H groups in total. The summed E-state index contributed by atoms with van der Waals surface area (Å²) >= 11 is 0. The predicted octanol–water partition coefficient (Wildman–Crippen LogP) is 1.64. The summed E-state index contributed by atoms with van der Waals surface area (Å²) in [5.74, 6) is -1.77. The lowest BCUT2D eigenvalue weighted by Crippen LogP contribution is -2.15. The molecular formula is C10H14FNO2. The number of hydrogen-bond donors (Lipinski definition) is 1. The van der Waals surface area contributed by atoms with Gasteiger partial charge < -0.3 is 10.0 Å². The maximum absolute atomic E-state index is 12.6. The van der Waals surface area contributed by atoms with Gasteiger partial charge in [0, 0.05) is 25.7 Å². The second kappa shape index (κ2) is 3.82. The zero-order chi connectivity index (χ0) is 10.9. The van der Waals surface area contributed by atoms with Crippen LogP contribution in [-0.2, 0) is 4.79 Å². The quantitative estimate of drug-likeness (QED) is 0.700. The molecule has 0 amide bonds. The van der Waals surface area contributed by atoms with Crippen molar-refractivity contribution in [2.24, 2.45) is 11.8 Å². The van der Waals surface area contributed by atoms with E-state index in [9.17, 15) is 9.18 Å². The average Bonchev–Trinajstić information content (AvgIpc) is 2.77. The van der Waals surface area contributed by atoms with Gasteiger partial charge in [-0.3, -0.25) is 4.79 Å². The van der Waals surface area contributed by atoms with Gasteiger partial charge in [-0.05, 0) is 12.5 Å². The van der Waals surface area contributed by atoms with Crippen molar-refractivity contribution >= 4 is 5.97 Å². The van der Waals surface area contributed by atoms with E-state index in [0.717, 1.165) is 0 Å². The van der Waals surface area contributed by atoms with Gasteiger partial charge in [-0.25, -0.2) is 4.39 Å². The molecule has 78 valence electrons. The molecule has 3 nitrogen and oxygen atoms in total. The van der Waals surface area contributed by atoms with E-state index in [2.05, 4.69) is 6.58 Å². The minimum atomic E-state index is -0.813. The smallest absolute Gasteiger partial charge is 0.307 e. The highest BCUT2D eigenvalue weighted by Gasteiger charge is 2.46. The van der Waals surface area contributed by atoms with E-state index in [1.807, 2.05) is 0 Å². The molecule has 0 aromatic carbocycles. The molecule has 1 rings (SSSR count). The molecule has 0 saturated heterocycles. The molecular weight excluding hydrogens is 185 g/mol. The normalized spacial score (nSPS) is 25.8. The lowest BCUT2D eigenvalue weighted by atomic mass is 10.2. The van der Waals surface area contributed by atoms with Crippen molar-refractivity contribution in [3.63, 3.8) is 0 Å². The van der Waals surface area contributed by atoms with Crippen molar-refractivity contribution in [2.45, 2.75) is 6.42 Å². The zero-order valence-electron chi connectivity index (χ0n) is 8.33. The fraction of sp³-hybridized carbons (Fsp3) is 0.500. The lowest BCUT2D eigenvalue weighted by molar-refractivity contribution is -0.138. The van der Waals surface area contributed by atoms with Crippen molar-refractivity contribution in [3.05, 3.63) is 24.2 Å². The molecule has 0 bridgehead atoms. The highest BCUT2D eigenvalue weighted by Crippen LogP contribution is 2.45. The van der Waals surface area contributed by atoms with Crippen LogP contribution in [0.5, 0.6) is 0 Å². The predicted molar refractivity (Wildman–Crippen MR) is 51.3 cm³/mol. The molecule has 1 aliphatic carbocycles. The van der Waals surface area contributed by atoms with Gasteiger partial charge in [0.15, 0.2) is 0 Å². The minimum Gasteiger partial charge on any atom is -0.481 e. The van der Waals surface area contributed by atoms with E-state index in [0.29, 0.717) is 12.1 Å². The van der Waals surface area contributed by atoms with E-state index >= 15 is 0 Å². The van der Waals surface area contributed by atoms with Gasteiger partial charge in [0.2, 0.25) is 0 Å². The van der Waals surface area contributed by atoms with Crippen LogP contribution in [0, 0.1) is 11.8 Å². The van der Waals surface area contributed by atoms with E-state index in [1.165, 1.54) is 6.08 Å². The number of hydrogen-bond acceptors (Lipinski definition) is 2. The van der Waals surface area contributed by atoms with Gasteiger partial charge in [0.1, 0.15) is 5.83 Å². The molecule has 1 aliphatic rings. The monoisotopic (exact) mass is 199 g/mol. The van der Waals surface area contributed by atoms with Crippen LogP contribution in [0.3, 0.4) is 0 Å². The van der Waals surface area contributed by atoms with Gasteiger partial charge >= 0.3 is 5.97 Å². The summed E-state index contributed by atoms with van der Waals surface area (Å²) in [4.78, 5) is 12.4. The Morgan fingerprint density at radius 2 is 2.14 bits per heavy atom. The molecule has 0 aromatic heterocycles. The number of allylic oxidation sites excluding steroid dienone is 3. The number of carboxylic acid groups (broad SMARTS) is 1. The first kappa shape index (κ1) is 10.8. The summed E-state index contributed by atoms with van der Waals surface area (Å²) in [6.07, 6.45) is 1.89. The fourth-order valence-electron chi connectivity index (χ4n) is 1.52. The second-order valence-corrected chi connectivity index (χ2v) is 3.70. The maximum Gasteiger partial charge on any atom is 0.307 e.